The minimum absolute atomic E-state index is 0.0412. The molecule has 0 spiro atoms. The maximum absolute atomic E-state index is 13.9. The van der Waals surface area contributed by atoms with Crippen LogP contribution in [0.25, 0.3) is 5.57 Å². The number of hydrogen-bond acceptors (Lipinski definition) is 5. The molecule has 1 aromatic carbocycles. The van der Waals surface area contributed by atoms with Gasteiger partial charge in [0.15, 0.2) is 0 Å². The van der Waals surface area contributed by atoms with E-state index >= 15 is 0 Å². The molecule has 1 aromatic heterocycles. The van der Waals surface area contributed by atoms with Crippen LogP contribution in [0.4, 0.5) is 13.2 Å². The monoisotopic (exact) mass is 644 g/mol. The zero-order chi connectivity index (χ0) is 32.4. The van der Waals surface area contributed by atoms with Crippen LogP contribution in [0.2, 0.25) is 0 Å². The smallest absolute Gasteiger partial charge is 0.323 e. The molecule has 2 fully saturated rings. The highest BCUT2D eigenvalue weighted by atomic mass is 32.2. The molecular formula is C35H47F3N4O2S. The van der Waals surface area contributed by atoms with Crippen molar-refractivity contribution in [2.45, 2.75) is 101 Å². The number of aromatic nitrogens is 1. The average molecular weight is 645 g/mol. The summed E-state index contributed by atoms with van der Waals surface area (Å²) in [6.45, 7) is 10.8. The van der Waals surface area contributed by atoms with Gasteiger partial charge in [-0.1, -0.05) is 23.8 Å². The maximum Gasteiger partial charge on any atom is 0.416 e. The molecule has 3 N–H and O–H groups in total. The lowest BCUT2D eigenvalue weighted by molar-refractivity contribution is -0.137. The number of nitrogens with one attached hydrogen (secondary N) is 1. The summed E-state index contributed by atoms with van der Waals surface area (Å²) in [4.78, 5) is 6.55. The third-order valence-corrected chi connectivity index (χ3v) is 11.9. The molecule has 6 nitrogen and oxygen atoms in total. The first kappa shape index (κ1) is 33.8. The van der Waals surface area contributed by atoms with Crippen molar-refractivity contribution in [3.05, 3.63) is 77.1 Å². The molecule has 1 saturated carbocycles. The van der Waals surface area contributed by atoms with Gasteiger partial charge in [-0.2, -0.15) is 13.2 Å². The molecule has 10 heteroatoms. The summed E-state index contributed by atoms with van der Waals surface area (Å²) in [5, 5.41) is 0. The molecule has 2 heterocycles. The fourth-order valence-corrected chi connectivity index (χ4v) is 8.92. The first-order valence-corrected chi connectivity index (χ1v) is 17.8. The Hall–Kier alpha value is -2.53. The summed E-state index contributed by atoms with van der Waals surface area (Å²) < 4.78 is 69.8. The largest absolute Gasteiger partial charge is 0.416 e. The molecular weight excluding hydrogens is 597 g/mol. The van der Waals surface area contributed by atoms with E-state index < -0.39 is 21.8 Å². The maximum atomic E-state index is 13.9. The Kier molecular flexibility index (Phi) is 10.6. The Labute approximate surface area is 266 Å². The van der Waals surface area contributed by atoms with Gasteiger partial charge in [-0.15, -0.1) is 0 Å². The number of likely N-dealkylation sites (tertiary alicyclic amines) is 1. The van der Waals surface area contributed by atoms with E-state index in [9.17, 15) is 21.6 Å². The molecule has 45 heavy (non-hydrogen) atoms. The van der Waals surface area contributed by atoms with E-state index in [2.05, 4.69) is 28.1 Å². The van der Waals surface area contributed by atoms with Gasteiger partial charge in [0.05, 0.1) is 5.56 Å². The predicted molar refractivity (Wildman–Crippen MR) is 173 cm³/mol. The number of rotatable bonds is 9. The number of nitrogens with zero attached hydrogens (tertiary/aromatic N) is 2. The van der Waals surface area contributed by atoms with Crippen LogP contribution in [-0.4, -0.2) is 50.0 Å². The minimum Gasteiger partial charge on any atom is -0.323 e. The fraction of sp³-hybridized carbons (Fsp3) is 0.571. The zero-order valence-corrected chi connectivity index (χ0v) is 27.3. The number of pyridine rings is 1. The van der Waals surface area contributed by atoms with Crippen molar-refractivity contribution in [1.82, 2.24) is 14.6 Å². The molecule has 1 unspecified atom stereocenters. The molecule has 0 bridgehead atoms. The normalized spacial score (nSPS) is 25.8. The molecule has 0 radical (unpaired) electrons. The van der Waals surface area contributed by atoms with Gasteiger partial charge in [-0.05, 0) is 150 Å². The number of allylic oxidation sites excluding steroid dienone is 1. The van der Waals surface area contributed by atoms with Crippen LogP contribution >= 0.6 is 0 Å². The van der Waals surface area contributed by atoms with Crippen LogP contribution in [0.1, 0.15) is 94.2 Å². The van der Waals surface area contributed by atoms with E-state index in [4.69, 9.17) is 5.73 Å². The minimum atomic E-state index is -4.40. The highest BCUT2D eigenvalue weighted by Gasteiger charge is 2.36. The average Bonchev–Trinajstić information content (AvgIpc) is 3.01. The first-order chi connectivity index (χ1) is 21.3. The van der Waals surface area contributed by atoms with Gasteiger partial charge in [-0.25, -0.2) is 13.1 Å². The van der Waals surface area contributed by atoms with Crippen molar-refractivity contribution in [3.63, 3.8) is 0 Å². The highest BCUT2D eigenvalue weighted by Crippen LogP contribution is 2.43. The Morgan fingerprint density at radius 1 is 1.09 bits per heavy atom. The standard InChI is InChI=1S/C35H47F3N4O2S/c1-23(2)30-12-6-24(3)33(34(30)39)31-13-9-27(35(36,37)38)21-32(31)26-15-19-42(20-16-26)18-14-25-7-10-28(11-8-25)41-45(43,44)29-5-4-17-40-22-29/h4-5,9,13,17,21-22,25-26,28,30,34,41H,1,6-8,10-12,14-16,18-20,39H2,2-3H3/t25?,28?,30-,34?/m0/s1. The van der Waals surface area contributed by atoms with E-state index in [1.54, 1.807) is 24.4 Å². The SMILES string of the molecule is C=C(C)[C@@H]1CCC(C)=C(c2ccc(C(F)(F)F)cc2C2CCN(CCC3CCC(NS(=O)(=O)c4cccnc4)CC3)CC2)C1N. The molecule has 0 amide bonds. The van der Waals surface area contributed by atoms with Crippen molar-refractivity contribution >= 4 is 15.6 Å². The summed E-state index contributed by atoms with van der Waals surface area (Å²) >= 11 is 0. The van der Waals surface area contributed by atoms with Gasteiger partial charge in [0.2, 0.25) is 10.0 Å². The number of alkyl halides is 3. The summed E-state index contributed by atoms with van der Waals surface area (Å²) in [6, 6.07) is 7.10. The van der Waals surface area contributed by atoms with Gasteiger partial charge in [0.25, 0.3) is 0 Å². The third kappa shape index (κ3) is 8.07. The summed E-state index contributed by atoms with van der Waals surface area (Å²) in [6.07, 6.45) is 6.56. The molecule has 246 valence electrons. The molecule has 2 aromatic rings. The van der Waals surface area contributed by atoms with Crippen LogP contribution in [0.3, 0.4) is 0 Å². The number of piperidine rings is 1. The first-order valence-electron chi connectivity index (χ1n) is 16.3. The molecule has 2 atom stereocenters. The Morgan fingerprint density at radius 2 is 1.80 bits per heavy atom. The summed E-state index contributed by atoms with van der Waals surface area (Å²) in [5.41, 5.74) is 11.0. The van der Waals surface area contributed by atoms with Crippen LogP contribution in [0.5, 0.6) is 0 Å². The Balaban J connectivity index is 1.18. The molecule has 2 aliphatic carbocycles. The van der Waals surface area contributed by atoms with E-state index in [1.807, 2.05) is 6.92 Å². The summed E-state index contributed by atoms with van der Waals surface area (Å²) in [5.74, 6) is 0.706. The molecule has 1 aliphatic heterocycles. The number of halogens is 3. The van der Waals surface area contributed by atoms with Gasteiger partial charge < -0.3 is 10.6 Å². The molecule has 1 saturated heterocycles. The van der Waals surface area contributed by atoms with Crippen molar-refractivity contribution in [2.24, 2.45) is 17.6 Å². The number of benzene rings is 1. The van der Waals surface area contributed by atoms with E-state index in [0.29, 0.717) is 5.92 Å². The van der Waals surface area contributed by atoms with Gasteiger partial charge in [-0.3, -0.25) is 4.98 Å². The van der Waals surface area contributed by atoms with Gasteiger partial charge in [0, 0.05) is 24.5 Å². The lowest BCUT2D eigenvalue weighted by atomic mass is 9.72. The van der Waals surface area contributed by atoms with Gasteiger partial charge in [0.1, 0.15) is 4.90 Å². The fourth-order valence-electron chi connectivity index (χ4n) is 7.65. The second kappa shape index (κ2) is 14.1. The number of nitrogens with two attached hydrogens (primary N) is 1. The number of sulfonamides is 1. The quantitative estimate of drug-likeness (QED) is 0.280. The van der Waals surface area contributed by atoms with Crippen molar-refractivity contribution in [1.29, 1.82) is 0 Å². The van der Waals surface area contributed by atoms with Gasteiger partial charge >= 0.3 is 6.18 Å². The Morgan fingerprint density at radius 3 is 2.42 bits per heavy atom. The predicted octanol–water partition coefficient (Wildman–Crippen LogP) is 7.29. The molecule has 5 rings (SSSR count). The highest BCUT2D eigenvalue weighted by molar-refractivity contribution is 7.89. The number of hydrogen-bond donors (Lipinski definition) is 2. The summed E-state index contributed by atoms with van der Waals surface area (Å²) in [7, 11) is -3.57. The topological polar surface area (TPSA) is 88.3 Å². The third-order valence-electron chi connectivity index (χ3n) is 10.4. The van der Waals surface area contributed by atoms with Crippen LogP contribution < -0.4 is 10.5 Å². The Bertz CT molecular complexity index is 1480. The van der Waals surface area contributed by atoms with Crippen molar-refractivity contribution < 1.29 is 21.6 Å². The van der Waals surface area contributed by atoms with E-state index in [0.717, 1.165) is 105 Å². The van der Waals surface area contributed by atoms with E-state index in [-0.39, 0.29) is 28.8 Å². The second-order valence-corrected chi connectivity index (χ2v) is 15.2. The molecule has 3 aliphatic rings. The van der Waals surface area contributed by atoms with Crippen molar-refractivity contribution in [3.8, 4) is 0 Å². The van der Waals surface area contributed by atoms with E-state index in [1.165, 1.54) is 18.3 Å². The lowest BCUT2D eigenvalue weighted by Gasteiger charge is -2.37. The van der Waals surface area contributed by atoms with Crippen LogP contribution in [0, 0.1) is 11.8 Å². The lowest BCUT2D eigenvalue weighted by Crippen LogP contribution is -2.39. The zero-order valence-electron chi connectivity index (χ0n) is 26.5. The van der Waals surface area contributed by atoms with Crippen LogP contribution in [0.15, 0.2) is 65.3 Å². The van der Waals surface area contributed by atoms with Crippen molar-refractivity contribution in [2.75, 3.05) is 19.6 Å². The van der Waals surface area contributed by atoms with Crippen LogP contribution in [-0.2, 0) is 16.2 Å². The second-order valence-electron chi connectivity index (χ2n) is 13.4.